The van der Waals surface area contributed by atoms with Gasteiger partial charge in [-0.05, 0) is 43.7 Å². The lowest BCUT2D eigenvalue weighted by Gasteiger charge is -2.33. The summed E-state index contributed by atoms with van der Waals surface area (Å²) < 4.78 is 1.78. The molecule has 0 saturated carbocycles. The predicted octanol–water partition coefficient (Wildman–Crippen LogP) is 3.41. The molecular weight excluding hydrogens is 364 g/mol. The zero-order chi connectivity index (χ0) is 20.4. The third-order valence-electron chi connectivity index (χ3n) is 5.80. The average Bonchev–Trinajstić information content (AvgIpc) is 3.21. The first kappa shape index (κ1) is 19.4. The number of hydrogen-bond donors (Lipinski definition) is 1. The molecule has 0 aliphatic carbocycles. The van der Waals surface area contributed by atoms with Crippen molar-refractivity contribution < 1.29 is 4.79 Å². The number of aryl methyl sites for hydroxylation is 3. The van der Waals surface area contributed by atoms with Crippen LogP contribution in [0.5, 0.6) is 0 Å². The molecule has 1 aliphatic heterocycles. The Morgan fingerprint density at radius 1 is 1.17 bits per heavy atom. The van der Waals surface area contributed by atoms with Crippen molar-refractivity contribution in [1.29, 1.82) is 0 Å². The smallest absolute Gasteiger partial charge is 0.254 e. The maximum absolute atomic E-state index is 13.0. The van der Waals surface area contributed by atoms with Crippen molar-refractivity contribution in [3.05, 3.63) is 47.4 Å². The molecule has 4 rings (SSSR count). The third kappa shape index (κ3) is 3.81. The molecule has 1 amide bonds. The van der Waals surface area contributed by atoms with Crippen LogP contribution >= 0.6 is 0 Å². The largest absolute Gasteiger partial charge is 0.356 e. The lowest BCUT2D eigenvalue weighted by molar-refractivity contribution is -0.120. The van der Waals surface area contributed by atoms with E-state index in [1.807, 2.05) is 13.0 Å². The summed E-state index contributed by atoms with van der Waals surface area (Å²) in [6.07, 6.45) is 4.99. The molecular formula is C22H28N6O. The first-order valence-corrected chi connectivity index (χ1v) is 10.4. The first-order chi connectivity index (χ1) is 14.1. The number of anilines is 2. The highest BCUT2D eigenvalue weighted by atomic mass is 16.1. The number of hydrogen-bond acceptors (Lipinski definition) is 5. The van der Waals surface area contributed by atoms with Crippen LogP contribution in [0.25, 0.3) is 5.78 Å². The summed E-state index contributed by atoms with van der Waals surface area (Å²) in [4.78, 5) is 23.9. The van der Waals surface area contributed by atoms with Gasteiger partial charge in [-0.2, -0.15) is 14.6 Å². The Morgan fingerprint density at radius 2 is 1.86 bits per heavy atom. The number of rotatable bonds is 5. The maximum atomic E-state index is 13.0. The normalized spacial score (nSPS) is 15.1. The number of carbonyl (C=O) groups excluding carboxylic acids is 1. The number of aromatic nitrogens is 4. The number of benzene rings is 1. The molecule has 3 heterocycles. The van der Waals surface area contributed by atoms with Crippen LogP contribution in [-0.2, 0) is 17.6 Å². The van der Waals surface area contributed by atoms with Crippen LogP contribution in [0.3, 0.4) is 0 Å². The molecule has 1 aromatic carbocycles. The van der Waals surface area contributed by atoms with Crippen molar-refractivity contribution in [3.8, 4) is 0 Å². The number of fused-ring (bicyclic) bond motifs is 1. The van der Waals surface area contributed by atoms with Crippen molar-refractivity contribution in [3.63, 3.8) is 0 Å². The summed E-state index contributed by atoms with van der Waals surface area (Å²) in [5.74, 6) is 1.77. The lowest BCUT2D eigenvalue weighted by atomic mass is 9.95. The van der Waals surface area contributed by atoms with E-state index in [2.05, 4.69) is 57.3 Å². The van der Waals surface area contributed by atoms with Gasteiger partial charge in [0.15, 0.2) is 0 Å². The Bertz CT molecular complexity index is 997. The van der Waals surface area contributed by atoms with Crippen molar-refractivity contribution >= 4 is 23.2 Å². The van der Waals surface area contributed by atoms with Gasteiger partial charge in [0.25, 0.3) is 5.78 Å². The van der Waals surface area contributed by atoms with Gasteiger partial charge in [-0.15, -0.1) is 0 Å². The molecule has 0 unspecified atom stereocenters. The molecule has 0 atom stereocenters. The van der Waals surface area contributed by atoms with E-state index in [0.717, 1.165) is 56.0 Å². The summed E-state index contributed by atoms with van der Waals surface area (Å²) in [6.45, 7) is 7.85. The van der Waals surface area contributed by atoms with Gasteiger partial charge in [0.2, 0.25) is 5.91 Å². The molecule has 152 valence electrons. The minimum Gasteiger partial charge on any atom is -0.356 e. The molecule has 2 aromatic heterocycles. The highest BCUT2D eigenvalue weighted by Crippen LogP contribution is 2.27. The lowest BCUT2D eigenvalue weighted by Crippen LogP contribution is -2.39. The van der Waals surface area contributed by atoms with E-state index in [-0.39, 0.29) is 11.8 Å². The molecule has 7 heteroatoms. The van der Waals surface area contributed by atoms with Crippen LogP contribution in [0, 0.1) is 12.8 Å². The predicted molar refractivity (Wildman–Crippen MR) is 114 cm³/mol. The van der Waals surface area contributed by atoms with Crippen LogP contribution in [0.1, 0.15) is 43.5 Å². The van der Waals surface area contributed by atoms with Crippen molar-refractivity contribution in [2.75, 3.05) is 23.3 Å². The second-order valence-electron chi connectivity index (χ2n) is 7.64. The summed E-state index contributed by atoms with van der Waals surface area (Å²) >= 11 is 0. The molecule has 0 radical (unpaired) electrons. The van der Waals surface area contributed by atoms with E-state index in [0.29, 0.717) is 5.78 Å². The van der Waals surface area contributed by atoms with Crippen LogP contribution < -0.4 is 10.2 Å². The number of nitrogens with one attached hydrogen (secondary N) is 1. The number of para-hydroxylation sites is 1. The van der Waals surface area contributed by atoms with Crippen molar-refractivity contribution in [1.82, 2.24) is 19.6 Å². The fraction of sp³-hybridized carbons (Fsp3) is 0.455. The van der Waals surface area contributed by atoms with Gasteiger partial charge in [0.05, 0.1) is 0 Å². The van der Waals surface area contributed by atoms with Crippen LogP contribution in [-0.4, -0.2) is 38.6 Å². The minimum absolute atomic E-state index is 0.0232. The Balaban J connectivity index is 1.46. The van der Waals surface area contributed by atoms with Gasteiger partial charge in [-0.25, -0.2) is 4.98 Å². The highest BCUT2D eigenvalue weighted by molar-refractivity contribution is 5.94. The summed E-state index contributed by atoms with van der Waals surface area (Å²) in [5, 5.41) is 7.55. The molecule has 1 fully saturated rings. The summed E-state index contributed by atoms with van der Waals surface area (Å²) in [7, 11) is 0. The zero-order valence-corrected chi connectivity index (χ0v) is 17.4. The van der Waals surface area contributed by atoms with Gasteiger partial charge in [-0.1, -0.05) is 32.0 Å². The average molecular weight is 393 g/mol. The second-order valence-corrected chi connectivity index (χ2v) is 7.64. The van der Waals surface area contributed by atoms with Gasteiger partial charge in [0.1, 0.15) is 12.1 Å². The SMILES string of the molecule is CCc1cccc(CC)c1NC(=O)C1CCN(c2cc(C)nc3ncnn23)CC1. The van der Waals surface area contributed by atoms with Crippen LogP contribution in [0.2, 0.25) is 0 Å². The maximum Gasteiger partial charge on any atom is 0.254 e. The fourth-order valence-electron chi connectivity index (χ4n) is 4.14. The molecule has 1 aliphatic rings. The third-order valence-corrected chi connectivity index (χ3v) is 5.80. The first-order valence-electron chi connectivity index (χ1n) is 10.4. The minimum atomic E-state index is 0.0232. The molecule has 7 nitrogen and oxygen atoms in total. The van der Waals surface area contributed by atoms with Gasteiger partial charge < -0.3 is 10.2 Å². The van der Waals surface area contributed by atoms with Crippen LogP contribution in [0.15, 0.2) is 30.6 Å². The second kappa shape index (κ2) is 8.19. The topological polar surface area (TPSA) is 75.4 Å². The monoisotopic (exact) mass is 392 g/mol. The van der Waals surface area contributed by atoms with E-state index in [4.69, 9.17) is 0 Å². The van der Waals surface area contributed by atoms with E-state index in [1.54, 1.807) is 4.52 Å². The Hall–Kier alpha value is -2.96. The fourth-order valence-corrected chi connectivity index (χ4v) is 4.14. The van der Waals surface area contributed by atoms with E-state index in [1.165, 1.54) is 17.5 Å². The number of carbonyl (C=O) groups is 1. The quantitative estimate of drug-likeness (QED) is 0.720. The number of nitrogens with zero attached hydrogens (tertiary/aromatic N) is 5. The van der Waals surface area contributed by atoms with Gasteiger partial charge in [-0.3, -0.25) is 4.79 Å². The standard InChI is InChI=1S/C22H28N6O/c1-4-16-7-6-8-17(5-2)20(16)26-21(29)18-9-11-27(12-10-18)19-13-15(3)25-22-23-14-24-28(19)22/h6-8,13-14,18H,4-5,9-12H2,1-3H3,(H,26,29). The van der Waals surface area contributed by atoms with Crippen molar-refractivity contribution in [2.24, 2.45) is 5.92 Å². The number of piperidine rings is 1. The van der Waals surface area contributed by atoms with Gasteiger partial charge in [0, 0.05) is 36.5 Å². The van der Waals surface area contributed by atoms with Gasteiger partial charge >= 0.3 is 0 Å². The van der Waals surface area contributed by atoms with Crippen molar-refractivity contribution in [2.45, 2.75) is 46.5 Å². The van der Waals surface area contributed by atoms with E-state index >= 15 is 0 Å². The number of amides is 1. The molecule has 3 aromatic rings. The van der Waals surface area contributed by atoms with Crippen LogP contribution in [0.4, 0.5) is 11.5 Å². The molecule has 0 spiro atoms. The van der Waals surface area contributed by atoms with E-state index < -0.39 is 0 Å². The molecule has 1 N–H and O–H groups in total. The highest BCUT2D eigenvalue weighted by Gasteiger charge is 2.27. The zero-order valence-electron chi connectivity index (χ0n) is 17.4. The Morgan fingerprint density at radius 3 is 2.52 bits per heavy atom. The molecule has 0 bridgehead atoms. The summed E-state index contributed by atoms with van der Waals surface area (Å²) in [6, 6.07) is 8.32. The van der Waals surface area contributed by atoms with E-state index in [9.17, 15) is 4.79 Å². The summed E-state index contributed by atoms with van der Waals surface area (Å²) in [5.41, 5.74) is 4.34. The molecule has 1 saturated heterocycles. The Labute approximate surface area is 171 Å². The molecule has 29 heavy (non-hydrogen) atoms. The Kier molecular flexibility index (Phi) is 5.47.